The van der Waals surface area contributed by atoms with E-state index < -0.39 is 10.6 Å². The normalized spacial score (nSPS) is 10.1. The number of nitro groups is 1. The highest BCUT2D eigenvalue weighted by Crippen LogP contribution is 2.10. The fourth-order valence-corrected chi connectivity index (χ4v) is 1.22. The summed E-state index contributed by atoms with van der Waals surface area (Å²) in [6.45, 7) is 0. The van der Waals surface area contributed by atoms with E-state index >= 15 is 0 Å². The molecule has 2 aromatic heterocycles. The third-order valence-electron chi connectivity index (χ3n) is 2.02. The number of nitrogens with zero attached hydrogens (tertiary/aromatic N) is 4. The van der Waals surface area contributed by atoms with Gasteiger partial charge in [-0.1, -0.05) is 0 Å². The maximum atomic E-state index is 11.5. The summed E-state index contributed by atoms with van der Waals surface area (Å²) < 4.78 is 1.14. The number of rotatable bonds is 2. The van der Waals surface area contributed by atoms with Gasteiger partial charge in [0.15, 0.2) is 0 Å². The minimum Gasteiger partial charge on any atom is -0.383 e. The van der Waals surface area contributed by atoms with Crippen LogP contribution in [0.25, 0.3) is 5.82 Å². The van der Waals surface area contributed by atoms with Gasteiger partial charge in [0.2, 0.25) is 0 Å². The largest absolute Gasteiger partial charge is 0.383 e. The average Bonchev–Trinajstić information content (AvgIpc) is 2.29. The molecular weight excluding hydrogens is 226 g/mol. The van der Waals surface area contributed by atoms with Crippen molar-refractivity contribution in [2.24, 2.45) is 0 Å². The lowest BCUT2D eigenvalue weighted by molar-refractivity contribution is -0.385. The van der Waals surface area contributed by atoms with Crippen molar-refractivity contribution >= 4 is 11.5 Å². The first-order valence-electron chi connectivity index (χ1n) is 4.54. The predicted molar refractivity (Wildman–Crippen MR) is 58.7 cm³/mol. The van der Waals surface area contributed by atoms with Crippen molar-refractivity contribution in [3.8, 4) is 5.82 Å². The molecule has 0 unspecified atom stereocenters. The van der Waals surface area contributed by atoms with Gasteiger partial charge < -0.3 is 5.73 Å². The molecule has 2 aromatic rings. The third-order valence-corrected chi connectivity index (χ3v) is 2.02. The molecular formula is C9H7N5O3. The monoisotopic (exact) mass is 233 g/mol. The van der Waals surface area contributed by atoms with E-state index in [9.17, 15) is 14.9 Å². The Bertz CT molecular complexity index is 619. The molecule has 0 aromatic carbocycles. The zero-order valence-corrected chi connectivity index (χ0v) is 8.48. The number of pyridine rings is 1. The van der Waals surface area contributed by atoms with E-state index in [2.05, 4.69) is 9.97 Å². The Morgan fingerprint density at radius 3 is 2.65 bits per heavy atom. The van der Waals surface area contributed by atoms with Crippen LogP contribution in [0.2, 0.25) is 0 Å². The van der Waals surface area contributed by atoms with E-state index in [-0.39, 0.29) is 17.3 Å². The number of anilines is 1. The van der Waals surface area contributed by atoms with E-state index in [1.165, 1.54) is 24.4 Å². The van der Waals surface area contributed by atoms with Crippen molar-refractivity contribution in [2.75, 3.05) is 5.73 Å². The molecule has 0 atom stereocenters. The Kier molecular flexibility index (Phi) is 2.53. The highest BCUT2D eigenvalue weighted by molar-refractivity contribution is 5.34. The molecule has 8 nitrogen and oxygen atoms in total. The maximum absolute atomic E-state index is 11.5. The molecule has 0 bridgehead atoms. The molecule has 86 valence electrons. The molecule has 0 aliphatic rings. The number of aromatic nitrogens is 3. The average molecular weight is 233 g/mol. The third kappa shape index (κ3) is 2.09. The van der Waals surface area contributed by atoms with Crippen LogP contribution in [0.1, 0.15) is 0 Å². The van der Waals surface area contributed by atoms with Crippen LogP contribution in [0, 0.1) is 10.1 Å². The second kappa shape index (κ2) is 4.00. The van der Waals surface area contributed by atoms with Crippen LogP contribution in [0.5, 0.6) is 0 Å². The SMILES string of the molecule is Nc1ccn(-c2ccc([N+](=O)[O-])cn2)c(=O)n1. The second-order valence-electron chi connectivity index (χ2n) is 3.14. The van der Waals surface area contributed by atoms with Crippen LogP contribution in [-0.2, 0) is 0 Å². The topological polar surface area (TPSA) is 117 Å². The van der Waals surface area contributed by atoms with Gasteiger partial charge in [0.25, 0.3) is 5.69 Å². The van der Waals surface area contributed by atoms with E-state index in [1.54, 1.807) is 0 Å². The van der Waals surface area contributed by atoms with Gasteiger partial charge in [-0.3, -0.25) is 14.7 Å². The first kappa shape index (κ1) is 10.7. The summed E-state index contributed by atoms with van der Waals surface area (Å²) >= 11 is 0. The molecule has 17 heavy (non-hydrogen) atoms. The van der Waals surface area contributed by atoms with Crippen LogP contribution >= 0.6 is 0 Å². The molecule has 0 amide bonds. The summed E-state index contributed by atoms with van der Waals surface area (Å²) in [5.74, 6) is 0.348. The highest BCUT2D eigenvalue weighted by atomic mass is 16.6. The van der Waals surface area contributed by atoms with Gasteiger partial charge in [-0.25, -0.2) is 9.78 Å². The fourth-order valence-electron chi connectivity index (χ4n) is 1.22. The Morgan fingerprint density at radius 1 is 1.35 bits per heavy atom. The summed E-state index contributed by atoms with van der Waals surface area (Å²) in [6, 6.07) is 4.05. The van der Waals surface area contributed by atoms with Crippen molar-refractivity contribution in [3.63, 3.8) is 0 Å². The summed E-state index contributed by atoms with van der Waals surface area (Å²) in [5, 5.41) is 10.4. The van der Waals surface area contributed by atoms with Crippen LogP contribution in [0.3, 0.4) is 0 Å². The zero-order chi connectivity index (χ0) is 12.4. The summed E-state index contributed by atoms with van der Waals surface area (Å²) in [5.41, 5.74) is 4.60. The van der Waals surface area contributed by atoms with Crippen LogP contribution in [0.4, 0.5) is 11.5 Å². The van der Waals surface area contributed by atoms with Gasteiger partial charge in [-0.2, -0.15) is 4.98 Å². The lowest BCUT2D eigenvalue weighted by atomic mass is 10.4. The number of nitrogens with two attached hydrogens (primary N) is 1. The molecule has 0 saturated heterocycles. The highest BCUT2D eigenvalue weighted by Gasteiger charge is 2.07. The smallest absolute Gasteiger partial charge is 0.355 e. The fraction of sp³-hybridized carbons (Fsp3) is 0. The number of hydrogen-bond donors (Lipinski definition) is 1. The molecule has 0 aliphatic heterocycles. The van der Waals surface area contributed by atoms with Crippen molar-refractivity contribution < 1.29 is 4.92 Å². The summed E-state index contributed by atoms with van der Waals surface area (Å²) in [4.78, 5) is 28.6. The first-order chi connectivity index (χ1) is 8.08. The molecule has 8 heteroatoms. The lowest BCUT2D eigenvalue weighted by Crippen LogP contribution is -2.22. The lowest BCUT2D eigenvalue weighted by Gasteiger charge is -2.02. The van der Waals surface area contributed by atoms with Gasteiger partial charge in [-0.05, 0) is 12.1 Å². The Morgan fingerprint density at radius 2 is 2.12 bits per heavy atom. The standard InChI is InChI=1S/C9H7N5O3/c10-7-3-4-13(9(15)12-7)8-2-1-6(5-11-8)14(16)17/h1-5H,(H2,10,12,15). The van der Waals surface area contributed by atoms with Crippen molar-refractivity contribution in [1.82, 2.24) is 14.5 Å². The van der Waals surface area contributed by atoms with Crippen molar-refractivity contribution in [2.45, 2.75) is 0 Å². The van der Waals surface area contributed by atoms with Gasteiger partial charge in [0, 0.05) is 12.3 Å². The van der Waals surface area contributed by atoms with Gasteiger partial charge in [-0.15, -0.1) is 0 Å². The van der Waals surface area contributed by atoms with E-state index in [0.717, 1.165) is 10.8 Å². The van der Waals surface area contributed by atoms with Gasteiger partial charge in [0.1, 0.15) is 17.8 Å². The van der Waals surface area contributed by atoms with Crippen LogP contribution < -0.4 is 11.4 Å². The maximum Gasteiger partial charge on any atom is 0.355 e. The molecule has 2 N–H and O–H groups in total. The zero-order valence-electron chi connectivity index (χ0n) is 8.48. The van der Waals surface area contributed by atoms with Crippen molar-refractivity contribution in [3.05, 3.63) is 51.2 Å². The number of nitrogen functional groups attached to an aromatic ring is 1. The summed E-state index contributed by atoms with van der Waals surface area (Å²) in [7, 11) is 0. The van der Waals surface area contributed by atoms with Crippen LogP contribution in [0.15, 0.2) is 35.4 Å². The summed E-state index contributed by atoms with van der Waals surface area (Å²) in [6.07, 6.45) is 2.47. The molecule has 2 heterocycles. The molecule has 0 aliphatic carbocycles. The molecule has 2 rings (SSSR count). The first-order valence-corrected chi connectivity index (χ1v) is 4.54. The number of hydrogen-bond acceptors (Lipinski definition) is 6. The molecule has 0 saturated carbocycles. The second-order valence-corrected chi connectivity index (χ2v) is 3.14. The van der Waals surface area contributed by atoms with Crippen LogP contribution in [-0.4, -0.2) is 19.5 Å². The minimum absolute atomic E-state index is 0.105. The van der Waals surface area contributed by atoms with E-state index in [4.69, 9.17) is 5.73 Å². The van der Waals surface area contributed by atoms with E-state index in [1.807, 2.05) is 0 Å². The Labute approximate surface area is 94.5 Å². The van der Waals surface area contributed by atoms with Gasteiger partial charge in [0.05, 0.1) is 4.92 Å². The molecule has 0 spiro atoms. The minimum atomic E-state index is -0.591. The predicted octanol–water partition coefficient (Wildman–Crippen LogP) is 0.118. The Balaban J connectivity index is 2.47. The quantitative estimate of drug-likeness (QED) is 0.581. The molecule has 0 radical (unpaired) electrons. The molecule has 0 fully saturated rings. The Hall–Kier alpha value is -2.77. The van der Waals surface area contributed by atoms with E-state index in [0.29, 0.717) is 0 Å². The van der Waals surface area contributed by atoms with Gasteiger partial charge >= 0.3 is 5.69 Å². The van der Waals surface area contributed by atoms with Crippen molar-refractivity contribution in [1.29, 1.82) is 0 Å².